The highest BCUT2D eigenvalue weighted by Crippen LogP contribution is 2.25. The normalized spacial score (nSPS) is 23.1. The summed E-state index contributed by atoms with van der Waals surface area (Å²) in [5.41, 5.74) is 18.7. The molecule has 3 heterocycles. The fourth-order valence-electron chi connectivity index (χ4n) is 10.9. The van der Waals surface area contributed by atoms with E-state index in [0.29, 0.717) is 16.3 Å². The first-order valence-electron chi connectivity index (χ1n) is 34.1. The zero-order valence-electron chi connectivity index (χ0n) is 58.2. The minimum absolute atomic E-state index is 0.00117. The first kappa shape index (κ1) is 83.4. The number of aromatic amines is 1. The molecule has 0 radical (unpaired) electrons. The van der Waals surface area contributed by atoms with Crippen LogP contribution >= 0.6 is 11.8 Å². The summed E-state index contributed by atoms with van der Waals surface area (Å²) in [5, 5.41) is 49.1. The van der Waals surface area contributed by atoms with Crippen LogP contribution in [0.5, 0.6) is 0 Å². The molecule has 33 nitrogen and oxygen atoms in total. The molecule has 2 aliphatic rings. The van der Waals surface area contributed by atoms with E-state index >= 15 is 0 Å². The van der Waals surface area contributed by atoms with Gasteiger partial charge in [-0.25, -0.2) is 4.98 Å². The van der Waals surface area contributed by atoms with Crippen LogP contribution < -0.4 is 75.7 Å². The van der Waals surface area contributed by atoms with Crippen molar-refractivity contribution in [2.45, 2.75) is 224 Å². The van der Waals surface area contributed by atoms with Crippen LogP contribution in [-0.2, 0) is 80.0 Å². The number of carbonyl (C=O) groups excluding carboxylic acids is 12. The van der Waals surface area contributed by atoms with Crippen molar-refractivity contribution in [3.05, 3.63) is 54.1 Å². The molecular formula is C66H103N17O16S. The third-order valence-electron chi connectivity index (χ3n) is 17.5. The number of carboxylic acid groups (broad SMARTS) is 2. The number of carbonyl (C=O) groups is 14. The molecule has 0 spiro atoms. The SMILES string of the molecule is CC[C@H](C)[C@H](N)C1=N[C@H](C(=O)N[C@@H](CC(C)C)C(=O)N[C@H](CCC(=O)O)C(=O)N[C@@H](C(=O)N[C@@H]2CCCCNC(=O)[C@H](CC(N)=O)NC(=O)[C@@H](CC(=O)O)NC(=O)[C@H](Cc3cnc[nH]3)NC(=O)[C@@H](Cc3ccccc3)NC(=O)[C@H]([C@@H](C)CC)NC(=O)[C@@H](CCCN)NC2=O)[C@@H](C)CC)CS1. The average molecular weight is 1420 g/mol. The Morgan fingerprint density at radius 3 is 1.85 bits per heavy atom. The number of carboxylic acids is 2. The Labute approximate surface area is 586 Å². The number of primary amides is 1. The van der Waals surface area contributed by atoms with Gasteiger partial charge in [0.05, 0.1) is 30.3 Å². The van der Waals surface area contributed by atoms with Crippen LogP contribution in [0.15, 0.2) is 47.8 Å². The van der Waals surface area contributed by atoms with Gasteiger partial charge in [0.25, 0.3) is 0 Å². The van der Waals surface area contributed by atoms with Gasteiger partial charge in [-0.15, -0.1) is 11.8 Å². The summed E-state index contributed by atoms with van der Waals surface area (Å²) < 4.78 is 0. The Hall–Kier alpha value is -9.05. The molecule has 0 aliphatic carbocycles. The van der Waals surface area contributed by atoms with Gasteiger partial charge >= 0.3 is 11.9 Å². The predicted octanol–water partition coefficient (Wildman–Crippen LogP) is -1.68. The van der Waals surface area contributed by atoms with Crippen molar-refractivity contribution in [1.82, 2.24) is 68.5 Å². The number of amides is 12. The first-order valence-corrected chi connectivity index (χ1v) is 35.1. The lowest BCUT2D eigenvalue weighted by atomic mass is 9.96. The van der Waals surface area contributed by atoms with E-state index in [9.17, 15) is 77.3 Å². The Morgan fingerprint density at radius 1 is 0.660 bits per heavy atom. The number of aliphatic imine (C=N–C) groups is 1. The van der Waals surface area contributed by atoms with Crippen LogP contribution in [-0.4, -0.2) is 199 Å². The smallest absolute Gasteiger partial charge is 0.305 e. The number of nitrogens with zero attached hydrogens (tertiary/aromatic N) is 2. The Balaban J connectivity index is 1.77. The molecule has 15 atom stereocenters. The third-order valence-corrected chi connectivity index (χ3v) is 18.6. The molecule has 2 aliphatic heterocycles. The molecule has 20 N–H and O–H groups in total. The van der Waals surface area contributed by atoms with Crippen molar-refractivity contribution in [3.8, 4) is 0 Å². The van der Waals surface area contributed by atoms with Gasteiger partial charge in [0, 0.05) is 43.5 Å². The molecule has 1 aromatic heterocycles. The molecule has 100 heavy (non-hydrogen) atoms. The second-order valence-corrected chi connectivity index (χ2v) is 27.0. The highest BCUT2D eigenvalue weighted by molar-refractivity contribution is 8.14. The zero-order chi connectivity index (χ0) is 74.3. The molecule has 34 heteroatoms. The van der Waals surface area contributed by atoms with Crippen molar-refractivity contribution in [2.75, 3.05) is 18.8 Å². The first-order chi connectivity index (χ1) is 47.4. The average Bonchev–Trinajstić information content (AvgIpc) is 1.37. The van der Waals surface area contributed by atoms with Crippen molar-refractivity contribution < 1.29 is 77.3 Å². The van der Waals surface area contributed by atoms with Crippen LogP contribution in [0.25, 0.3) is 0 Å². The zero-order valence-corrected chi connectivity index (χ0v) is 59.0. The van der Waals surface area contributed by atoms with Gasteiger partial charge in [0.1, 0.15) is 66.5 Å². The lowest BCUT2D eigenvalue weighted by Gasteiger charge is -2.30. The quantitative estimate of drug-likeness (QED) is 0.0401. The fraction of sp³-hybridized carbons (Fsp3) is 0.636. The largest absolute Gasteiger partial charge is 0.481 e. The van der Waals surface area contributed by atoms with Crippen LogP contribution in [0.3, 0.4) is 0 Å². The molecule has 0 unspecified atom stereocenters. The minimum atomic E-state index is -1.94. The minimum Gasteiger partial charge on any atom is -0.481 e. The van der Waals surface area contributed by atoms with Crippen LogP contribution in [0.4, 0.5) is 0 Å². The number of rotatable bonds is 31. The predicted molar refractivity (Wildman–Crippen MR) is 369 cm³/mol. The van der Waals surface area contributed by atoms with Gasteiger partial charge in [-0.3, -0.25) is 72.1 Å². The van der Waals surface area contributed by atoms with Gasteiger partial charge in [-0.05, 0) is 80.7 Å². The summed E-state index contributed by atoms with van der Waals surface area (Å²) >= 11 is 1.35. The Morgan fingerprint density at radius 2 is 1.26 bits per heavy atom. The van der Waals surface area contributed by atoms with Crippen LogP contribution in [0.1, 0.15) is 150 Å². The molecule has 12 amide bonds. The summed E-state index contributed by atoms with van der Waals surface area (Å²) in [6.45, 7) is 14.1. The molecule has 0 bridgehead atoms. The van der Waals surface area contributed by atoms with Gasteiger partial charge in [-0.2, -0.15) is 0 Å². The standard InChI is InChI=1S/C66H103N17O16S/c1-9-35(6)52(69)66-81-48(32-100-66)63(97)76-43(26-34(4)5)59(93)74-42(22-23-50(85)86)58(92)83-53(36(7)10-2)64(98)75-40-20-15-16-25-71-55(89)46(29-49(68)84)78-62(96)47(30-51(87)88)79-61(95)45(28-39-31-70-33-72-39)77-60(94)44(27-38-18-13-12-14-19-38)80-65(99)54(37(8)11-3)82-57(91)41(21-17-24-67)73-56(40)90/h12-14,18-19,31,33-37,40-48,52-54H,9-11,15-17,20-30,32,67,69H2,1-8H3,(H2,68,84)(H,70,72)(H,71,89)(H,73,90)(H,74,93)(H,75,98)(H,76,97)(H,77,94)(H,78,96)(H,79,95)(H,80,99)(H,82,91)(H,83,92)(H,85,86)(H,87,88)/t35-,36-,37-,40+,41+,42+,43-,44+,45-,46-,47+,48-,52-,53+,54-/m0/s1. The van der Waals surface area contributed by atoms with Crippen molar-refractivity contribution in [3.63, 3.8) is 0 Å². The number of nitrogens with two attached hydrogens (primary N) is 3. The van der Waals surface area contributed by atoms with E-state index < -0.39 is 193 Å². The van der Waals surface area contributed by atoms with E-state index in [0.717, 1.165) is 6.42 Å². The molecule has 1 saturated heterocycles. The van der Waals surface area contributed by atoms with Crippen molar-refractivity contribution in [1.29, 1.82) is 0 Å². The van der Waals surface area contributed by atoms with E-state index in [2.05, 4.69) is 73.4 Å². The van der Waals surface area contributed by atoms with Crippen molar-refractivity contribution in [2.24, 2.45) is 45.9 Å². The van der Waals surface area contributed by atoms with E-state index in [-0.39, 0.29) is 94.9 Å². The lowest BCUT2D eigenvalue weighted by molar-refractivity contribution is -0.142. The molecule has 1 aromatic carbocycles. The van der Waals surface area contributed by atoms with E-state index in [1.165, 1.54) is 24.3 Å². The van der Waals surface area contributed by atoms with E-state index in [4.69, 9.17) is 17.2 Å². The highest BCUT2D eigenvalue weighted by Gasteiger charge is 2.40. The maximum atomic E-state index is 14.9. The summed E-state index contributed by atoms with van der Waals surface area (Å²) in [6.07, 6.45) is 0.368. The lowest BCUT2D eigenvalue weighted by Crippen LogP contribution is -2.62. The maximum absolute atomic E-state index is 14.9. The van der Waals surface area contributed by atoms with Gasteiger partial charge < -0.3 is 90.9 Å². The Bertz CT molecular complexity index is 3160. The molecule has 0 saturated carbocycles. The third kappa shape index (κ3) is 27.6. The molecule has 554 valence electrons. The summed E-state index contributed by atoms with van der Waals surface area (Å²) in [4.78, 5) is 207. The number of thioether (sulfide) groups is 1. The number of aromatic nitrogens is 2. The summed E-state index contributed by atoms with van der Waals surface area (Å²) in [7, 11) is 0. The van der Waals surface area contributed by atoms with Crippen molar-refractivity contribution >= 4 is 99.6 Å². The van der Waals surface area contributed by atoms with Gasteiger partial charge in [0.2, 0.25) is 70.9 Å². The highest BCUT2D eigenvalue weighted by atomic mass is 32.2. The van der Waals surface area contributed by atoms with E-state index in [1.54, 1.807) is 58.0 Å². The molecular weight excluding hydrogens is 1320 g/mol. The number of hydrogen-bond acceptors (Lipinski definition) is 19. The molecule has 1 fully saturated rings. The number of benzene rings is 1. The van der Waals surface area contributed by atoms with Gasteiger partial charge in [0.15, 0.2) is 0 Å². The molecule has 4 rings (SSSR count). The van der Waals surface area contributed by atoms with Crippen LogP contribution in [0.2, 0.25) is 0 Å². The molecule has 2 aromatic rings. The second kappa shape index (κ2) is 42.1. The van der Waals surface area contributed by atoms with Crippen LogP contribution in [0, 0.1) is 23.7 Å². The number of hydrogen-bond donors (Lipinski definition) is 17. The summed E-state index contributed by atoms with van der Waals surface area (Å²) in [5.74, 6) is -15.4. The topological polar surface area (TPSA) is 531 Å². The monoisotopic (exact) mass is 1420 g/mol. The number of aliphatic carboxylic acids is 2. The fourth-order valence-corrected chi connectivity index (χ4v) is 12.0. The maximum Gasteiger partial charge on any atom is 0.305 e. The van der Waals surface area contributed by atoms with E-state index in [1.807, 2.05) is 27.7 Å². The Kier molecular flexibility index (Phi) is 35.1. The second-order valence-electron chi connectivity index (χ2n) is 26.0. The summed E-state index contributed by atoms with van der Waals surface area (Å²) in [6, 6.07) is -8.34. The number of imidazole rings is 1. The number of nitrogens with one attached hydrogen (secondary N) is 12. The van der Waals surface area contributed by atoms with Gasteiger partial charge in [-0.1, -0.05) is 105 Å². The number of H-pyrrole nitrogens is 1.